The molecule has 1 aromatic carbocycles. The minimum absolute atomic E-state index is 0.116. The van der Waals surface area contributed by atoms with Crippen molar-refractivity contribution in [2.45, 2.75) is 31.8 Å². The molecule has 14 heavy (non-hydrogen) atoms. The number of aliphatic hydroxyl groups excluding tert-OH is 2. The second-order valence-electron chi connectivity index (χ2n) is 3.90. The smallest absolute Gasteiger partial charge is 0.0684 e. The average Bonchev–Trinajstić information content (AvgIpc) is 2.62. The van der Waals surface area contributed by atoms with Gasteiger partial charge in [0, 0.05) is 6.61 Å². The first-order valence-corrected chi connectivity index (χ1v) is 5.19. The standard InChI is InChI=1S/C12H16O2/c13-7-6-10-5-4-9-2-1-3-11(8-14)12(9)10/h1-3,10,13-14H,4-8H2. The molecule has 1 aromatic rings. The van der Waals surface area contributed by atoms with Crippen LogP contribution in [0.4, 0.5) is 0 Å². The van der Waals surface area contributed by atoms with Crippen LogP contribution in [0.5, 0.6) is 0 Å². The molecule has 76 valence electrons. The van der Waals surface area contributed by atoms with Crippen LogP contribution in [0.15, 0.2) is 18.2 Å². The number of aliphatic hydroxyl groups is 2. The third kappa shape index (κ3) is 1.56. The zero-order valence-electron chi connectivity index (χ0n) is 8.24. The zero-order chi connectivity index (χ0) is 9.97. The predicted molar refractivity (Wildman–Crippen MR) is 55.1 cm³/mol. The first-order chi connectivity index (χ1) is 6.86. The van der Waals surface area contributed by atoms with Crippen LogP contribution in [0.1, 0.15) is 35.4 Å². The van der Waals surface area contributed by atoms with E-state index in [-0.39, 0.29) is 13.2 Å². The fourth-order valence-electron chi connectivity index (χ4n) is 2.47. The highest BCUT2D eigenvalue weighted by Gasteiger charge is 2.23. The number of hydrogen-bond donors (Lipinski definition) is 2. The summed E-state index contributed by atoms with van der Waals surface area (Å²) in [6, 6.07) is 6.12. The van der Waals surface area contributed by atoms with Crippen molar-refractivity contribution in [1.82, 2.24) is 0 Å². The third-order valence-corrected chi connectivity index (χ3v) is 3.11. The van der Waals surface area contributed by atoms with E-state index < -0.39 is 0 Å². The van der Waals surface area contributed by atoms with Crippen LogP contribution < -0.4 is 0 Å². The summed E-state index contributed by atoms with van der Waals surface area (Å²) in [6.45, 7) is 0.356. The number of rotatable bonds is 3. The molecule has 0 amide bonds. The fraction of sp³-hybridized carbons (Fsp3) is 0.500. The van der Waals surface area contributed by atoms with Crippen molar-refractivity contribution in [3.8, 4) is 0 Å². The molecular weight excluding hydrogens is 176 g/mol. The highest BCUT2D eigenvalue weighted by atomic mass is 16.3. The molecule has 2 N–H and O–H groups in total. The minimum atomic E-state index is 0.116. The van der Waals surface area contributed by atoms with Crippen molar-refractivity contribution in [3.05, 3.63) is 34.9 Å². The molecule has 1 aliphatic rings. The normalized spacial score (nSPS) is 19.7. The monoisotopic (exact) mass is 192 g/mol. The van der Waals surface area contributed by atoms with Gasteiger partial charge >= 0.3 is 0 Å². The van der Waals surface area contributed by atoms with E-state index in [1.54, 1.807) is 0 Å². The largest absolute Gasteiger partial charge is 0.396 e. The Labute approximate surface area is 84.2 Å². The maximum Gasteiger partial charge on any atom is 0.0684 e. The fourth-order valence-corrected chi connectivity index (χ4v) is 2.47. The molecule has 2 heteroatoms. The van der Waals surface area contributed by atoms with E-state index in [1.807, 2.05) is 12.1 Å². The Morgan fingerprint density at radius 1 is 1.29 bits per heavy atom. The van der Waals surface area contributed by atoms with Crippen LogP contribution in [0.2, 0.25) is 0 Å². The lowest BCUT2D eigenvalue weighted by Gasteiger charge is -2.13. The molecule has 2 rings (SSSR count). The average molecular weight is 192 g/mol. The topological polar surface area (TPSA) is 40.5 Å². The first-order valence-electron chi connectivity index (χ1n) is 5.19. The molecule has 1 aliphatic carbocycles. The highest BCUT2D eigenvalue weighted by Crippen LogP contribution is 2.37. The summed E-state index contributed by atoms with van der Waals surface area (Å²) in [4.78, 5) is 0. The Kier molecular flexibility index (Phi) is 2.85. The van der Waals surface area contributed by atoms with E-state index in [0.717, 1.165) is 24.8 Å². The molecule has 0 saturated carbocycles. The quantitative estimate of drug-likeness (QED) is 0.763. The van der Waals surface area contributed by atoms with Gasteiger partial charge in [-0.1, -0.05) is 18.2 Å². The van der Waals surface area contributed by atoms with Crippen LogP contribution in [-0.4, -0.2) is 16.8 Å². The van der Waals surface area contributed by atoms with Gasteiger partial charge in [-0.2, -0.15) is 0 Å². The SMILES string of the molecule is OCCC1CCc2cccc(CO)c21. The summed E-state index contributed by atoms with van der Waals surface area (Å²) in [5.74, 6) is 0.457. The Balaban J connectivity index is 2.35. The molecule has 0 fully saturated rings. The molecule has 2 nitrogen and oxygen atoms in total. The van der Waals surface area contributed by atoms with Crippen LogP contribution in [-0.2, 0) is 13.0 Å². The number of hydrogen-bond acceptors (Lipinski definition) is 2. The van der Waals surface area contributed by atoms with Crippen LogP contribution in [0, 0.1) is 0 Å². The van der Waals surface area contributed by atoms with Gasteiger partial charge in [-0.05, 0) is 41.9 Å². The Morgan fingerprint density at radius 3 is 2.86 bits per heavy atom. The van der Waals surface area contributed by atoms with E-state index >= 15 is 0 Å². The van der Waals surface area contributed by atoms with Crippen molar-refractivity contribution in [2.24, 2.45) is 0 Å². The summed E-state index contributed by atoms with van der Waals surface area (Å²) in [7, 11) is 0. The van der Waals surface area contributed by atoms with Crippen molar-refractivity contribution < 1.29 is 10.2 Å². The van der Waals surface area contributed by atoms with Gasteiger partial charge in [-0.3, -0.25) is 0 Å². The minimum Gasteiger partial charge on any atom is -0.396 e. The van der Waals surface area contributed by atoms with Gasteiger partial charge in [0.05, 0.1) is 6.61 Å². The molecule has 0 heterocycles. The van der Waals surface area contributed by atoms with Crippen molar-refractivity contribution in [2.75, 3.05) is 6.61 Å². The number of benzene rings is 1. The molecule has 1 unspecified atom stereocenters. The third-order valence-electron chi connectivity index (χ3n) is 3.11. The summed E-state index contributed by atoms with van der Waals surface area (Å²) in [5.41, 5.74) is 3.69. The van der Waals surface area contributed by atoms with Gasteiger partial charge in [-0.15, -0.1) is 0 Å². The second-order valence-corrected chi connectivity index (χ2v) is 3.90. The van der Waals surface area contributed by atoms with Gasteiger partial charge in [0.2, 0.25) is 0 Å². The van der Waals surface area contributed by atoms with Gasteiger partial charge in [-0.25, -0.2) is 0 Å². The van der Waals surface area contributed by atoms with Crippen molar-refractivity contribution >= 4 is 0 Å². The Bertz CT molecular complexity index is 318. The maximum atomic E-state index is 9.23. The molecule has 0 radical (unpaired) electrons. The zero-order valence-corrected chi connectivity index (χ0v) is 8.24. The molecule has 0 aromatic heterocycles. The van der Waals surface area contributed by atoms with Gasteiger partial charge < -0.3 is 10.2 Å². The maximum absolute atomic E-state index is 9.23. The molecule has 0 aliphatic heterocycles. The summed E-state index contributed by atoms with van der Waals surface area (Å²) < 4.78 is 0. The summed E-state index contributed by atoms with van der Waals surface area (Å²) >= 11 is 0. The highest BCUT2D eigenvalue weighted by molar-refractivity contribution is 5.41. The molecule has 0 saturated heterocycles. The number of aryl methyl sites for hydroxylation is 1. The van der Waals surface area contributed by atoms with E-state index in [1.165, 1.54) is 11.1 Å². The summed E-state index contributed by atoms with van der Waals surface area (Å²) in [5, 5.41) is 18.2. The Morgan fingerprint density at radius 2 is 2.14 bits per heavy atom. The van der Waals surface area contributed by atoms with Crippen molar-refractivity contribution in [1.29, 1.82) is 0 Å². The molecule has 0 bridgehead atoms. The van der Waals surface area contributed by atoms with Crippen molar-refractivity contribution in [3.63, 3.8) is 0 Å². The summed E-state index contributed by atoms with van der Waals surface area (Å²) in [6.07, 6.45) is 3.03. The second kappa shape index (κ2) is 4.11. The van der Waals surface area contributed by atoms with Crippen LogP contribution in [0.25, 0.3) is 0 Å². The lowest BCUT2D eigenvalue weighted by Crippen LogP contribution is -2.01. The number of fused-ring (bicyclic) bond motifs is 1. The van der Waals surface area contributed by atoms with E-state index in [4.69, 9.17) is 5.11 Å². The first kappa shape index (κ1) is 9.69. The lowest BCUT2D eigenvalue weighted by atomic mass is 9.94. The van der Waals surface area contributed by atoms with E-state index in [9.17, 15) is 5.11 Å². The molecular formula is C12H16O2. The van der Waals surface area contributed by atoms with Gasteiger partial charge in [0.25, 0.3) is 0 Å². The molecule has 1 atom stereocenters. The lowest BCUT2D eigenvalue weighted by molar-refractivity contribution is 0.268. The predicted octanol–water partition coefficient (Wildman–Crippen LogP) is 1.59. The van der Waals surface area contributed by atoms with Gasteiger partial charge in [0.1, 0.15) is 0 Å². The molecule has 0 spiro atoms. The van der Waals surface area contributed by atoms with Gasteiger partial charge in [0.15, 0.2) is 0 Å². The Hall–Kier alpha value is -0.860. The van der Waals surface area contributed by atoms with E-state index in [2.05, 4.69) is 6.07 Å². The van der Waals surface area contributed by atoms with E-state index in [0.29, 0.717) is 5.92 Å². The van der Waals surface area contributed by atoms with Crippen LogP contribution >= 0.6 is 0 Å². The van der Waals surface area contributed by atoms with Crippen LogP contribution in [0.3, 0.4) is 0 Å².